The molecule has 1 amide bonds. The van der Waals surface area contributed by atoms with E-state index in [1.165, 1.54) is 11.3 Å². The molecule has 0 saturated heterocycles. The first-order valence-corrected chi connectivity index (χ1v) is 5.98. The molecular formula is C9H16N4O3S. The Bertz CT molecular complexity index is 352. The van der Waals surface area contributed by atoms with Gasteiger partial charge in [0.05, 0.1) is 18.9 Å². The third-order valence-electron chi connectivity index (χ3n) is 2.10. The summed E-state index contributed by atoms with van der Waals surface area (Å²) in [5.74, 6) is 4.58. The minimum Gasteiger partial charge on any atom is -0.395 e. The van der Waals surface area contributed by atoms with Gasteiger partial charge in [-0.2, -0.15) is 0 Å². The number of carbonyl (C=O) groups is 1. The Morgan fingerprint density at radius 2 is 2.12 bits per heavy atom. The summed E-state index contributed by atoms with van der Waals surface area (Å²) in [4.78, 5) is 17.1. The second kappa shape index (κ2) is 7.30. The molecule has 0 bridgehead atoms. The van der Waals surface area contributed by atoms with Gasteiger partial charge in [0.25, 0.3) is 5.91 Å². The largest absolute Gasteiger partial charge is 0.395 e. The number of nitrogens with zero attached hydrogens (tertiary/aromatic N) is 2. The zero-order valence-electron chi connectivity index (χ0n) is 9.30. The summed E-state index contributed by atoms with van der Waals surface area (Å²) < 4.78 is 0. The molecular weight excluding hydrogens is 244 g/mol. The normalized spacial score (nSPS) is 10.8. The minimum atomic E-state index is -0.419. The van der Waals surface area contributed by atoms with Crippen LogP contribution in [0.5, 0.6) is 0 Å². The number of amides is 1. The van der Waals surface area contributed by atoms with Crippen molar-refractivity contribution in [3.8, 4) is 0 Å². The Hall–Kier alpha value is -1.06. The van der Waals surface area contributed by atoms with Crippen LogP contribution in [-0.4, -0.2) is 52.3 Å². The molecule has 96 valence electrons. The molecule has 0 aromatic carbocycles. The van der Waals surface area contributed by atoms with Gasteiger partial charge in [0.1, 0.15) is 0 Å². The number of hydrogen-bond donors (Lipinski definition) is 4. The lowest BCUT2D eigenvalue weighted by Crippen LogP contribution is -2.30. The molecule has 1 aromatic rings. The van der Waals surface area contributed by atoms with Crippen LogP contribution in [0.15, 0.2) is 5.38 Å². The summed E-state index contributed by atoms with van der Waals surface area (Å²) >= 11 is 1.21. The molecule has 0 spiro atoms. The Balaban J connectivity index is 2.60. The lowest BCUT2D eigenvalue weighted by atomic mass is 10.4. The van der Waals surface area contributed by atoms with Gasteiger partial charge in [0, 0.05) is 25.0 Å². The Labute approximate surface area is 103 Å². The van der Waals surface area contributed by atoms with Crippen molar-refractivity contribution < 1.29 is 15.0 Å². The Morgan fingerprint density at radius 3 is 2.65 bits per heavy atom. The van der Waals surface area contributed by atoms with E-state index < -0.39 is 5.91 Å². The number of nitrogen functional groups attached to an aromatic ring is 1. The number of carbonyl (C=O) groups excluding carboxylic acids is 1. The zero-order valence-corrected chi connectivity index (χ0v) is 10.1. The molecule has 8 heteroatoms. The van der Waals surface area contributed by atoms with Crippen molar-refractivity contribution >= 4 is 17.2 Å². The molecule has 0 fully saturated rings. The van der Waals surface area contributed by atoms with E-state index in [0.717, 1.165) is 5.69 Å². The highest BCUT2D eigenvalue weighted by atomic mass is 32.1. The van der Waals surface area contributed by atoms with Crippen LogP contribution in [0.25, 0.3) is 0 Å². The van der Waals surface area contributed by atoms with E-state index in [2.05, 4.69) is 4.98 Å². The quantitative estimate of drug-likeness (QED) is 0.271. The maximum Gasteiger partial charge on any atom is 0.294 e. The van der Waals surface area contributed by atoms with Crippen molar-refractivity contribution in [1.29, 1.82) is 0 Å². The van der Waals surface area contributed by atoms with Crippen molar-refractivity contribution in [2.24, 2.45) is 5.84 Å². The minimum absolute atomic E-state index is 0.0142. The van der Waals surface area contributed by atoms with Crippen molar-refractivity contribution in [2.45, 2.75) is 6.54 Å². The van der Waals surface area contributed by atoms with Crippen LogP contribution in [0.3, 0.4) is 0 Å². The second-order valence-corrected chi connectivity index (χ2v) is 4.20. The number of aromatic nitrogens is 1. The molecule has 0 atom stereocenters. The number of aliphatic hydroxyl groups excluding tert-OH is 2. The van der Waals surface area contributed by atoms with Gasteiger partial charge >= 0.3 is 0 Å². The Kier molecular flexibility index (Phi) is 6.01. The molecule has 17 heavy (non-hydrogen) atoms. The van der Waals surface area contributed by atoms with E-state index >= 15 is 0 Å². The van der Waals surface area contributed by atoms with Gasteiger partial charge in [-0.3, -0.25) is 15.1 Å². The monoisotopic (exact) mass is 260 g/mol. The van der Waals surface area contributed by atoms with Gasteiger partial charge in [0.15, 0.2) is 5.01 Å². The lowest BCUT2D eigenvalue weighted by Gasteiger charge is -2.18. The fourth-order valence-corrected chi connectivity index (χ4v) is 2.04. The van der Waals surface area contributed by atoms with Crippen LogP contribution in [0, 0.1) is 0 Å². The van der Waals surface area contributed by atoms with Crippen LogP contribution in [-0.2, 0) is 6.54 Å². The number of thiazole rings is 1. The van der Waals surface area contributed by atoms with Crippen molar-refractivity contribution in [3.63, 3.8) is 0 Å². The molecule has 0 radical (unpaired) electrons. The van der Waals surface area contributed by atoms with Gasteiger partial charge in [-0.05, 0) is 0 Å². The standard InChI is InChI=1S/C9H16N4O3S/c10-12-8(16)9-11-7(6-17-9)5-13(1-3-14)2-4-15/h6,14-15H,1-5,10H2,(H,12,16). The van der Waals surface area contributed by atoms with E-state index in [0.29, 0.717) is 24.6 Å². The molecule has 0 aliphatic heterocycles. The van der Waals surface area contributed by atoms with Crippen LogP contribution in [0.4, 0.5) is 0 Å². The molecule has 1 heterocycles. The van der Waals surface area contributed by atoms with Crippen molar-refractivity contribution in [2.75, 3.05) is 26.3 Å². The van der Waals surface area contributed by atoms with Crippen LogP contribution < -0.4 is 11.3 Å². The molecule has 0 saturated carbocycles. The summed E-state index contributed by atoms with van der Waals surface area (Å²) in [5, 5.41) is 19.8. The lowest BCUT2D eigenvalue weighted by molar-refractivity contribution is 0.0952. The highest BCUT2D eigenvalue weighted by Crippen LogP contribution is 2.11. The molecule has 5 N–H and O–H groups in total. The summed E-state index contributed by atoms with van der Waals surface area (Å²) in [6, 6.07) is 0. The summed E-state index contributed by atoms with van der Waals surface area (Å²) in [6.45, 7) is 1.42. The molecule has 1 aromatic heterocycles. The van der Waals surface area contributed by atoms with Crippen molar-refractivity contribution in [1.82, 2.24) is 15.3 Å². The molecule has 7 nitrogen and oxygen atoms in total. The van der Waals surface area contributed by atoms with E-state index in [1.807, 2.05) is 10.3 Å². The SMILES string of the molecule is NNC(=O)c1nc(CN(CCO)CCO)cs1. The predicted molar refractivity (Wildman–Crippen MR) is 63.2 cm³/mol. The predicted octanol–water partition coefficient (Wildman–Crippen LogP) is -1.47. The number of hydrazine groups is 1. The summed E-state index contributed by atoms with van der Waals surface area (Å²) in [7, 11) is 0. The first kappa shape index (κ1) is 14.0. The van der Waals surface area contributed by atoms with Crippen LogP contribution in [0.2, 0.25) is 0 Å². The highest BCUT2D eigenvalue weighted by Gasteiger charge is 2.12. The highest BCUT2D eigenvalue weighted by molar-refractivity contribution is 7.11. The first-order valence-electron chi connectivity index (χ1n) is 5.10. The number of aliphatic hydroxyl groups is 2. The van der Waals surface area contributed by atoms with Gasteiger partial charge < -0.3 is 10.2 Å². The number of nitrogens with one attached hydrogen (secondary N) is 1. The summed E-state index contributed by atoms with van der Waals surface area (Å²) in [5.41, 5.74) is 2.73. The average molecular weight is 260 g/mol. The van der Waals surface area contributed by atoms with E-state index in [9.17, 15) is 4.79 Å². The topological polar surface area (TPSA) is 112 Å². The van der Waals surface area contributed by atoms with Gasteiger partial charge in [-0.25, -0.2) is 10.8 Å². The zero-order chi connectivity index (χ0) is 12.7. The number of rotatable bonds is 7. The molecule has 0 aliphatic carbocycles. The maximum atomic E-state index is 11.2. The van der Waals surface area contributed by atoms with Gasteiger partial charge in [-0.1, -0.05) is 0 Å². The molecule has 0 aliphatic rings. The van der Waals surface area contributed by atoms with Gasteiger partial charge in [0.2, 0.25) is 0 Å². The van der Waals surface area contributed by atoms with Crippen LogP contribution in [0.1, 0.15) is 15.5 Å². The van der Waals surface area contributed by atoms with E-state index in [4.69, 9.17) is 16.1 Å². The van der Waals surface area contributed by atoms with E-state index in [1.54, 1.807) is 5.38 Å². The third kappa shape index (κ3) is 4.36. The van der Waals surface area contributed by atoms with Gasteiger partial charge in [-0.15, -0.1) is 11.3 Å². The second-order valence-electron chi connectivity index (χ2n) is 3.34. The summed E-state index contributed by atoms with van der Waals surface area (Å²) in [6.07, 6.45) is 0. The smallest absolute Gasteiger partial charge is 0.294 e. The fraction of sp³-hybridized carbons (Fsp3) is 0.556. The number of nitrogens with two attached hydrogens (primary N) is 1. The van der Waals surface area contributed by atoms with Crippen LogP contribution >= 0.6 is 11.3 Å². The van der Waals surface area contributed by atoms with E-state index in [-0.39, 0.29) is 13.2 Å². The average Bonchev–Trinajstić information content (AvgIpc) is 2.77. The van der Waals surface area contributed by atoms with Crippen molar-refractivity contribution in [3.05, 3.63) is 16.1 Å². The molecule has 0 unspecified atom stereocenters. The molecule has 1 rings (SSSR count). The fourth-order valence-electron chi connectivity index (χ4n) is 1.33. The third-order valence-corrected chi connectivity index (χ3v) is 2.99. The maximum absolute atomic E-state index is 11.2. The Morgan fingerprint density at radius 1 is 1.47 bits per heavy atom. The first-order chi connectivity index (χ1) is 8.21. The number of hydrogen-bond acceptors (Lipinski definition) is 7.